The van der Waals surface area contributed by atoms with E-state index in [1.807, 2.05) is 24.3 Å². The zero-order valence-electron chi connectivity index (χ0n) is 10.8. The number of halogens is 1. The van der Waals surface area contributed by atoms with Crippen LogP contribution in [-0.2, 0) is 6.42 Å². The summed E-state index contributed by atoms with van der Waals surface area (Å²) in [6.07, 6.45) is 5.25. The molecule has 0 aliphatic heterocycles. The largest absolute Gasteiger partial charge is 0.339 e. The number of benzene rings is 1. The summed E-state index contributed by atoms with van der Waals surface area (Å²) < 4.78 is 5.24. The predicted octanol–water partition coefficient (Wildman–Crippen LogP) is 3.45. The van der Waals surface area contributed by atoms with E-state index >= 15 is 0 Å². The summed E-state index contributed by atoms with van der Waals surface area (Å²) >= 11 is 5.94. The summed E-state index contributed by atoms with van der Waals surface area (Å²) in [4.78, 5) is 4.38. The van der Waals surface area contributed by atoms with E-state index in [1.54, 1.807) is 0 Å². The number of nitrogens with zero attached hydrogens (tertiary/aromatic N) is 2. The highest BCUT2D eigenvalue weighted by Gasteiger charge is 2.08. The van der Waals surface area contributed by atoms with Gasteiger partial charge in [-0.2, -0.15) is 4.98 Å². The van der Waals surface area contributed by atoms with Gasteiger partial charge >= 0.3 is 0 Å². The number of hydrogen-bond donors (Lipinski definition) is 1. The summed E-state index contributed by atoms with van der Waals surface area (Å²) in [7, 11) is 0. The molecule has 2 N–H and O–H groups in total. The Labute approximate surface area is 118 Å². The van der Waals surface area contributed by atoms with Crippen LogP contribution in [0.3, 0.4) is 0 Å². The minimum absolute atomic E-state index is 0.597. The SMILES string of the molecule is NCCCCCCc1nc(-c2cccc(Cl)c2)no1. The molecule has 0 atom stereocenters. The van der Waals surface area contributed by atoms with Gasteiger partial charge < -0.3 is 10.3 Å². The first-order chi connectivity index (χ1) is 9.29. The molecule has 0 spiro atoms. The van der Waals surface area contributed by atoms with Crippen molar-refractivity contribution in [1.29, 1.82) is 0 Å². The van der Waals surface area contributed by atoms with E-state index in [9.17, 15) is 0 Å². The Bertz CT molecular complexity index is 513. The number of rotatable bonds is 7. The van der Waals surface area contributed by atoms with E-state index in [-0.39, 0.29) is 0 Å². The van der Waals surface area contributed by atoms with E-state index in [4.69, 9.17) is 21.9 Å². The minimum atomic E-state index is 0.597. The van der Waals surface area contributed by atoms with Crippen LogP contribution in [-0.4, -0.2) is 16.7 Å². The van der Waals surface area contributed by atoms with Crippen LogP contribution >= 0.6 is 11.6 Å². The molecular weight excluding hydrogens is 262 g/mol. The fraction of sp³-hybridized carbons (Fsp3) is 0.429. The zero-order chi connectivity index (χ0) is 13.5. The molecule has 4 nitrogen and oxygen atoms in total. The van der Waals surface area contributed by atoms with Gasteiger partial charge in [-0.25, -0.2) is 0 Å². The summed E-state index contributed by atoms with van der Waals surface area (Å²) in [5.41, 5.74) is 6.33. The molecule has 0 saturated heterocycles. The quantitative estimate of drug-likeness (QED) is 0.789. The zero-order valence-corrected chi connectivity index (χ0v) is 11.6. The summed E-state index contributed by atoms with van der Waals surface area (Å²) in [6, 6.07) is 7.45. The van der Waals surface area contributed by atoms with Crippen molar-refractivity contribution in [3.05, 3.63) is 35.2 Å². The molecule has 1 aromatic heterocycles. The minimum Gasteiger partial charge on any atom is -0.339 e. The lowest BCUT2D eigenvalue weighted by atomic mass is 10.1. The molecule has 2 aromatic rings. The van der Waals surface area contributed by atoms with E-state index in [1.165, 1.54) is 0 Å². The van der Waals surface area contributed by atoms with Crippen molar-refractivity contribution < 1.29 is 4.52 Å². The van der Waals surface area contributed by atoms with Crippen molar-refractivity contribution in [3.63, 3.8) is 0 Å². The molecule has 0 aliphatic carbocycles. The van der Waals surface area contributed by atoms with Gasteiger partial charge in [0, 0.05) is 17.0 Å². The summed E-state index contributed by atoms with van der Waals surface area (Å²) in [6.45, 7) is 0.763. The smallest absolute Gasteiger partial charge is 0.226 e. The van der Waals surface area contributed by atoms with Gasteiger partial charge in [-0.05, 0) is 31.5 Å². The lowest BCUT2D eigenvalue weighted by Crippen LogP contribution is -1.97. The molecule has 0 aliphatic rings. The van der Waals surface area contributed by atoms with Crippen LogP contribution in [0.15, 0.2) is 28.8 Å². The molecule has 0 amide bonds. The average Bonchev–Trinajstić information content (AvgIpc) is 2.87. The van der Waals surface area contributed by atoms with Crippen LogP contribution in [0.5, 0.6) is 0 Å². The normalized spacial score (nSPS) is 10.8. The Kier molecular flexibility index (Phi) is 5.36. The number of aromatic nitrogens is 2. The van der Waals surface area contributed by atoms with Crippen molar-refractivity contribution in [3.8, 4) is 11.4 Å². The van der Waals surface area contributed by atoms with E-state index in [0.717, 1.165) is 44.2 Å². The van der Waals surface area contributed by atoms with E-state index < -0.39 is 0 Å². The van der Waals surface area contributed by atoms with Crippen molar-refractivity contribution in [2.24, 2.45) is 5.73 Å². The van der Waals surface area contributed by atoms with Gasteiger partial charge in [0.05, 0.1) is 0 Å². The Morgan fingerprint density at radius 1 is 1.16 bits per heavy atom. The van der Waals surface area contributed by atoms with Crippen molar-refractivity contribution in [1.82, 2.24) is 10.1 Å². The fourth-order valence-corrected chi connectivity index (χ4v) is 2.07. The Morgan fingerprint density at radius 3 is 2.79 bits per heavy atom. The van der Waals surface area contributed by atoms with E-state index in [2.05, 4.69) is 10.1 Å². The van der Waals surface area contributed by atoms with Crippen LogP contribution in [0.4, 0.5) is 0 Å². The molecule has 0 bridgehead atoms. The maximum atomic E-state index is 5.94. The first kappa shape index (κ1) is 14.0. The maximum absolute atomic E-state index is 5.94. The number of unbranched alkanes of at least 4 members (excludes halogenated alkanes) is 3. The fourth-order valence-electron chi connectivity index (χ4n) is 1.88. The number of nitrogens with two attached hydrogens (primary N) is 1. The Morgan fingerprint density at radius 2 is 2.00 bits per heavy atom. The number of aryl methyl sites for hydroxylation is 1. The number of hydrogen-bond acceptors (Lipinski definition) is 4. The first-order valence-electron chi connectivity index (χ1n) is 6.58. The third-order valence-corrected chi connectivity index (χ3v) is 3.13. The third kappa shape index (κ3) is 4.33. The predicted molar refractivity (Wildman–Crippen MR) is 76.0 cm³/mol. The Hall–Kier alpha value is -1.39. The third-order valence-electron chi connectivity index (χ3n) is 2.90. The van der Waals surface area contributed by atoms with Crippen LogP contribution in [0.1, 0.15) is 31.6 Å². The molecule has 1 aromatic carbocycles. The highest BCUT2D eigenvalue weighted by molar-refractivity contribution is 6.30. The molecule has 102 valence electrons. The highest BCUT2D eigenvalue weighted by atomic mass is 35.5. The first-order valence-corrected chi connectivity index (χ1v) is 6.96. The van der Waals surface area contributed by atoms with Crippen molar-refractivity contribution in [2.75, 3.05) is 6.54 Å². The molecule has 0 unspecified atom stereocenters. The second kappa shape index (κ2) is 7.26. The van der Waals surface area contributed by atoms with Gasteiger partial charge in [-0.15, -0.1) is 0 Å². The van der Waals surface area contributed by atoms with Crippen LogP contribution in [0.25, 0.3) is 11.4 Å². The summed E-state index contributed by atoms with van der Waals surface area (Å²) in [5.74, 6) is 1.28. The molecule has 19 heavy (non-hydrogen) atoms. The van der Waals surface area contributed by atoms with Gasteiger partial charge in [0.2, 0.25) is 11.7 Å². The second-order valence-corrected chi connectivity index (χ2v) is 4.91. The topological polar surface area (TPSA) is 64.9 Å². The molecule has 2 rings (SSSR count). The van der Waals surface area contributed by atoms with Crippen LogP contribution in [0, 0.1) is 0 Å². The average molecular weight is 280 g/mol. The van der Waals surface area contributed by atoms with Crippen molar-refractivity contribution >= 4 is 11.6 Å². The summed E-state index contributed by atoms with van der Waals surface area (Å²) in [5, 5.41) is 4.65. The van der Waals surface area contributed by atoms with E-state index in [0.29, 0.717) is 16.7 Å². The molecule has 0 radical (unpaired) electrons. The lowest BCUT2D eigenvalue weighted by Gasteiger charge is -1.96. The molecule has 5 heteroatoms. The Balaban J connectivity index is 1.88. The van der Waals surface area contributed by atoms with Gasteiger partial charge in [0.15, 0.2) is 0 Å². The van der Waals surface area contributed by atoms with Gasteiger partial charge in [0.1, 0.15) is 0 Å². The monoisotopic (exact) mass is 279 g/mol. The maximum Gasteiger partial charge on any atom is 0.226 e. The standard InChI is InChI=1S/C14H18ClN3O/c15-12-7-5-6-11(10-12)14-17-13(19-18-14)8-3-1-2-4-9-16/h5-7,10H,1-4,8-9,16H2. The van der Waals surface area contributed by atoms with Crippen molar-refractivity contribution in [2.45, 2.75) is 32.1 Å². The van der Waals surface area contributed by atoms with Gasteiger partial charge in [0.25, 0.3) is 0 Å². The lowest BCUT2D eigenvalue weighted by molar-refractivity contribution is 0.374. The van der Waals surface area contributed by atoms with Crippen LogP contribution < -0.4 is 5.73 Å². The highest BCUT2D eigenvalue weighted by Crippen LogP contribution is 2.20. The van der Waals surface area contributed by atoms with Crippen LogP contribution in [0.2, 0.25) is 5.02 Å². The molecule has 0 fully saturated rings. The van der Waals surface area contributed by atoms with Gasteiger partial charge in [-0.3, -0.25) is 0 Å². The molecule has 1 heterocycles. The molecule has 0 saturated carbocycles. The van der Waals surface area contributed by atoms with Gasteiger partial charge in [-0.1, -0.05) is 41.7 Å². The molecular formula is C14H18ClN3O. The second-order valence-electron chi connectivity index (χ2n) is 4.47.